The molecule has 0 bridgehead atoms. The quantitative estimate of drug-likeness (QED) is 0.380. The van der Waals surface area contributed by atoms with Gasteiger partial charge in [-0.1, -0.05) is 30.3 Å². The lowest BCUT2D eigenvalue weighted by atomic mass is 9.86. The molecule has 0 fully saturated rings. The number of hydrogen-bond acceptors (Lipinski definition) is 7. The van der Waals surface area contributed by atoms with Crippen LogP contribution in [0.2, 0.25) is 0 Å². The molecule has 2 atom stereocenters. The molecule has 0 radical (unpaired) electrons. The highest BCUT2D eigenvalue weighted by molar-refractivity contribution is 5.89. The van der Waals surface area contributed by atoms with Gasteiger partial charge >= 0.3 is 11.9 Å². The number of aliphatic hydroxyl groups is 1. The zero-order valence-electron chi connectivity index (χ0n) is 20.7. The topological polar surface area (TPSA) is 142 Å². The monoisotopic (exact) mass is 493 g/mol. The zero-order valence-corrected chi connectivity index (χ0v) is 20.7. The first-order chi connectivity index (χ1) is 17.0. The number of hydrogen-bond donors (Lipinski definition) is 4. The molecule has 2 heterocycles. The number of rotatable bonds is 6. The normalized spacial score (nSPS) is 18.1. The van der Waals surface area contributed by atoms with E-state index in [1.807, 2.05) is 58.0 Å². The SMILES string of the molecule is Cc1nc2cc3c(cc2nc1C)[C@H](NCCc1ccccc1)[C@@H](O)C(C)(C)O3.O=C(O)C=CC(=O)O. The summed E-state index contributed by atoms with van der Waals surface area (Å²) in [5, 5.41) is 30.2. The molecule has 1 aromatic heterocycles. The average molecular weight is 494 g/mol. The van der Waals surface area contributed by atoms with Gasteiger partial charge in [0.25, 0.3) is 0 Å². The fourth-order valence-corrected chi connectivity index (χ4v) is 3.90. The number of aromatic nitrogens is 2. The summed E-state index contributed by atoms with van der Waals surface area (Å²) in [6.07, 6.45) is 1.34. The van der Waals surface area contributed by atoms with E-state index in [0.29, 0.717) is 12.2 Å². The number of carbonyl (C=O) groups is 2. The van der Waals surface area contributed by atoms with E-state index in [9.17, 15) is 14.7 Å². The molecular formula is C27H31N3O6. The Hall–Kier alpha value is -3.82. The Balaban J connectivity index is 0.000000392. The third kappa shape index (κ3) is 6.65. The van der Waals surface area contributed by atoms with E-state index in [0.717, 1.165) is 46.7 Å². The summed E-state index contributed by atoms with van der Waals surface area (Å²) in [5.74, 6) is -1.75. The lowest BCUT2D eigenvalue weighted by Crippen LogP contribution is -2.52. The number of nitrogens with one attached hydrogen (secondary N) is 1. The van der Waals surface area contributed by atoms with Crippen molar-refractivity contribution in [1.82, 2.24) is 15.3 Å². The van der Waals surface area contributed by atoms with Gasteiger partial charge in [-0.05, 0) is 52.3 Å². The van der Waals surface area contributed by atoms with Crippen LogP contribution in [0.25, 0.3) is 11.0 Å². The number of nitrogens with zero attached hydrogens (tertiary/aromatic N) is 2. The van der Waals surface area contributed by atoms with Crippen molar-refractivity contribution >= 4 is 23.0 Å². The molecule has 3 aromatic rings. The van der Waals surface area contributed by atoms with Crippen molar-refractivity contribution in [3.8, 4) is 5.75 Å². The van der Waals surface area contributed by atoms with Crippen molar-refractivity contribution in [3.05, 3.63) is 77.1 Å². The van der Waals surface area contributed by atoms with Crippen molar-refractivity contribution in [1.29, 1.82) is 0 Å². The Morgan fingerprint density at radius 3 is 2.11 bits per heavy atom. The lowest BCUT2D eigenvalue weighted by Gasteiger charge is -2.42. The van der Waals surface area contributed by atoms with Gasteiger partial charge in [0.1, 0.15) is 17.5 Å². The molecule has 0 amide bonds. The van der Waals surface area contributed by atoms with Crippen LogP contribution in [0.5, 0.6) is 5.75 Å². The number of carboxylic acid groups (broad SMARTS) is 2. The van der Waals surface area contributed by atoms with Crippen LogP contribution < -0.4 is 10.1 Å². The molecule has 9 heteroatoms. The second-order valence-electron chi connectivity index (χ2n) is 9.10. The van der Waals surface area contributed by atoms with Gasteiger partial charge in [-0.25, -0.2) is 19.6 Å². The van der Waals surface area contributed by atoms with Crippen molar-refractivity contribution in [2.24, 2.45) is 0 Å². The van der Waals surface area contributed by atoms with Gasteiger partial charge in [0.15, 0.2) is 0 Å². The molecule has 36 heavy (non-hydrogen) atoms. The van der Waals surface area contributed by atoms with Gasteiger partial charge in [0.05, 0.1) is 28.5 Å². The molecular weight excluding hydrogens is 462 g/mol. The van der Waals surface area contributed by atoms with Crippen molar-refractivity contribution in [3.63, 3.8) is 0 Å². The number of ether oxygens (including phenoxy) is 1. The van der Waals surface area contributed by atoms with E-state index in [-0.39, 0.29) is 6.04 Å². The number of carboxylic acids is 2. The fourth-order valence-electron chi connectivity index (χ4n) is 3.90. The minimum Gasteiger partial charge on any atom is -0.485 e. The van der Waals surface area contributed by atoms with Gasteiger partial charge in [-0.3, -0.25) is 0 Å². The molecule has 190 valence electrons. The molecule has 0 unspecified atom stereocenters. The van der Waals surface area contributed by atoms with Gasteiger partial charge < -0.3 is 25.4 Å². The van der Waals surface area contributed by atoms with Crippen LogP contribution in [-0.4, -0.2) is 55.5 Å². The van der Waals surface area contributed by atoms with E-state index < -0.39 is 23.6 Å². The third-order valence-corrected chi connectivity index (χ3v) is 5.93. The molecule has 0 spiro atoms. The van der Waals surface area contributed by atoms with Gasteiger partial charge in [-0.2, -0.15) is 0 Å². The van der Waals surface area contributed by atoms with E-state index >= 15 is 0 Å². The lowest BCUT2D eigenvalue weighted by molar-refractivity contribution is -0.134. The predicted molar refractivity (Wildman–Crippen MR) is 135 cm³/mol. The van der Waals surface area contributed by atoms with Crippen molar-refractivity contribution < 1.29 is 29.6 Å². The molecule has 1 aliphatic rings. The number of fused-ring (bicyclic) bond motifs is 2. The standard InChI is InChI=1S/C23H27N3O2.C4H4O4/c1-14-15(2)26-19-13-20-17(12-18(19)25-14)21(22(27)23(3,4)28-20)24-11-10-16-8-6-5-7-9-16;5-3(6)1-2-4(7)8/h5-9,12-13,21-22,24,27H,10-11H2,1-4H3;1-2H,(H,5,6)(H,7,8)/t21-,22+;/m0./s1. The number of aliphatic carboxylic acids is 2. The molecule has 0 saturated heterocycles. The Labute approximate surface area is 209 Å². The van der Waals surface area contributed by atoms with Crippen LogP contribution in [0.4, 0.5) is 0 Å². The summed E-state index contributed by atoms with van der Waals surface area (Å²) >= 11 is 0. The second kappa shape index (κ2) is 11.3. The van der Waals surface area contributed by atoms with Gasteiger partial charge in [0.2, 0.25) is 0 Å². The first-order valence-corrected chi connectivity index (χ1v) is 11.5. The van der Waals surface area contributed by atoms with E-state index in [1.54, 1.807) is 0 Å². The highest BCUT2D eigenvalue weighted by Gasteiger charge is 2.43. The molecule has 4 N–H and O–H groups in total. The van der Waals surface area contributed by atoms with Crippen LogP contribution in [0.15, 0.2) is 54.6 Å². The highest BCUT2D eigenvalue weighted by atomic mass is 16.5. The third-order valence-electron chi connectivity index (χ3n) is 5.93. The maximum absolute atomic E-state index is 11.0. The van der Waals surface area contributed by atoms with Crippen molar-refractivity contribution in [2.75, 3.05) is 6.54 Å². The van der Waals surface area contributed by atoms with Crippen LogP contribution in [0.3, 0.4) is 0 Å². The van der Waals surface area contributed by atoms with Crippen LogP contribution in [0, 0.1) is 13.8 Å². The smallest absolute Gasteiger partial charge is 0.328 e. The minimum atomic E-state index is -1.26. The summed E-state index contributed by atoms with van der Waals surface area (Å²) in [6.45, 7) is 8.53. The Morgan fingerprint density at radius 1 is 1.00 bits per heavy atom. The molecule has 1 aliphatic heterocycles. The average Bonchev–Trinajstić information content (AvgIpc) is 2.81. The van der Waals surface area contributed by atoms with E-state index in [2.05, 4.69) is 27.4 Å². The highest BCUT2D eigenvalue weighted by Crippen LogP contribution is 2.41. The summed E-state index contributed by atoms with van der Waals surface area (Å²) in [4.78, 5) is 28.4. The minimum absolute atomic E-state index is 0.227. The van der Waals surface area contributed by atoms with Crippen LogP contribution in [0.1, 0.15) is 42.4 Å². The number of aliphatic hydroxyl groups excluding tert-OH is 1. The first kappa shape index (κ1) is 26.8. The summed E-state index contributed by atoms with van der Waals surface area (Å²) in [6, 6.07) is 14.1. The number of aryl methyl sites for hydroxylation is 2. The summed E-state index contributed by atoms with van der Waals surface area (Å²) in [7, 11) is 0. The van der Waals surface area contributed by atoms with E-state index in [4.69, 9.17) is 14.9 Å². The fraction of sp³-hybridized carbons (Fsp3) is 0.333. The van der Waals surface area contributed by atoms with Crippen molar-refractivity contribution in [2.45, 2.75) is 51.9 Å². The predicted octanol–water partition coefficient (Wildman–Crippen LogP) is 3.36. The Morgan fingerprint density at radius 2 is 1.56 bits per heavy atom. The maximum Gasteiger partial charge on any atom is 0.328 e. The zero-order chi connectivity index (χ0) is 26.5. The number of benzene rings is 2. The molecule has 4 rings (SSSR count). The molecule has 0 saturated carbocycles. The van der Waals surface area contributed by atoms with Crippen LogP contribution >= 0.6 is 0 Å². The van der Waals surface area contributed by atoms with Crippen LogP contribution in [-0.2, 0) is 16.0 Å². The van der Waals surface area contributed by atoms with E-state index in [1.165, 1.54) is 5.56 Å². The molecule has 9 nitrogen and oxygen atoms in total. The van der Waals surface area contributed by atoms with Gasteiger partial charge in [-0.15, -0.1) is 0 Å². The first-order valence-electron chi connectivity index (χ1n) is 11.5. The summed E-state index contributed by atoms with van der Waals surface area (Å²) < 4.78 is 6.15. The Bertz CT molecular complexity index is 1260. The second-order valence-corrected chi connectivity index (χ2v) is 9.10. The molecule has 0 aliphatic carbocycles. The largest absolute Gasteiger partial charge is 0.485 e. The Kier molecular flexibility index (Phi) is 8.39. The maximum atomic E-state index is 11.0. The molecule has 2 aromatic carbocycles. The summed E-state index contributed by atoms with van der Waals surface area (Å²) in [5.41, 5.74) is 4.98. The van der Waals surface area contributed by atoms with Gasteiger partial charge in [0, 0.05) is 23.8 Å².